The number of carbonyl (C=O) groups is 3. The average molecular weight is 839 g/mol. The average Bonchev–Trinajstić information content (AvgIpc) is 3.78. The summed E-state index contributed by atoms with van der Waals surface area (Å²) >= 11 is 0. The van der Waals surface area contributed by atoms with E-state index in [9.17, 15) is 19.5 Å². The molecule has 4 aromatic rings. The molecule has 62 heavy (non-hydrogen) atoms. The van der Waals surface area contributed by atoms with E-state index in [1.807, 2.05) is 30.3 Å². The van der Waals surface area contributed by atoms with Gasteiger partial charge in [-0.05, 0) is 135 Å². The highest BCUT2D eigenvalue weighted by molar-refractivity contribution is 6.05. The number of nitrogens with one attached hydrogen (secondary N) is 1. The number of methoxy groups -OCH3 is 1. The molecule has 5 aliphatic heterocycles. The minimum atomic E-state index is -0.624. The first kappa shape index (κ1) is 39.4. The van der Waals surface area contributed by atoms with Crippen molar-refractivity contribution in [3.63, 3.8) is 0 Å². The number of anilines is 1. The fourth-order valence-corrected chi connectivity index (χ4v) is 12.6. The molecule has 0 radical (unpaired) electrons. The molecule has 0 bridgehead atoms. The Hall–Kier alpha value is -5.42. The van der Waals surface area contributed by atoms with Gasteiger partial charge in [-0.15, -0.1) is 0 Å². The van der Waals surface area contributed by atoms with Crippen molar-refractivity contribution in [2.24, 2.45) is 11.3 Å². The minimum absolute atomic E-state index is 0.0669. The van der Waals surface area contributed by atoms with Crippen molar-refractivity contribution in [3.05, 3.63) is 118 Å². The number of fused-ring (bicyclic) bond motifs is 4. The summed E-state index contributed by atoms with van der Waals surface area (Å²) in [4.78, 5) is 44.2. The van der Waals surface area contributed by atoms with Gasteiger partial charge in [0.15, 0.2) is 0 Å². The van der Waals surface area contributed by atoms with Gasteiger partial charge < -0.3 is 29.3 Å². The number of benzene rings is 4. The normalized spacial score (nSPS) is 25.3. The van der Waals surface area contributed by atoms with Crippen LogP contribution in [0.3, 0.4) is 0 Å². The van der Waals surface area contributed by atoms with Crippen LogP contribution in [0.4, 0.5) is 10.1 Å². The third-order valence-electron chi connectivity index (χ3n) is 16.0. The number of nitrogens with zero attached hydrogens (tertiary/aromatic N) is 3. The quantitative estimate of drug-likeness (QED) is 0.184. The molecule has 7 aliphatic rings. The Balaban J connectivity index is 0.713. The lowest BCUT2D eigenvalue weighted by Crippen LogP contribution is -2.58. The monoisotopic (exact) mass is 838 g/mol. The van der Waals surface area contributed by atoms with Crippen LogP contribution >= 0.6 is 0 Å². The van der Waals surface area contributed by atoms with Gasteiger partial charge in [0.2, 0.25) is 11.8 Å². The molecular formula is C51H55FN4O6. The van der Waals surface area contributed by atoms with Crippen LogP contribution in [0.5, 0.6) is 17.2 Å². The van der Waals surface area contributed by atoms with Gasteiger partial charge in [-0.2, -0.15) is 0 Å². The number of imide groups is 1. The van der Waals surface area contributed by atoms with Crippen LogP contribution in [-0.4, -0.2) is 85.1 Å². The number of hydrogen-bond donors (Lipinski definition) is 2. The minimum Gasteiger partial charge on any atom is -0.508 e. The molecule has 2 aliphatic carbocycles. The Bertz CT molecular complexity index is 2450. The molecular weight excluding hydrogens is 784 g/mol. The number of phenols is 1. The molecule has 5 heterocycles. The smallest absolute Gasteiger partial charge is 0.255 e. The second-order valence-electron chi connectivity index (χ2n) is 19.5. The number of ether oxygens (including phenoxy) is 2. The van der Waals surface area contributed by atoms with Gasteiger partial charge in [-0.3, -0.25) is 19.7 Å². The van der Waals surface area contributed by atoms with Crippen LogP contribution in [0.25, 0.3) is 0 Å². The van der Waals surface area contributed by atoms with E-state index < -0.39 is 6.04 Å². The highest BCUT2D eigenvalue weighted by atomic mass is 19.1. The van der Waals surface area contributed by atoms with Crippen molar-refractivity contribution in [3.8, 4) is 17.2 Å². The van der Waals surface area contributed by atoms with Gasteiger partial charge in [-0.25, -0.2) is 4.39 Å². The third kappa shape index (κ3) is 6.64. The van der Waals surface area contributed by atoms with E-state index in [1.54, 1.807) is 24.1 Å². The number of piperidine rings is 2. The number of aryl methyl sites for hydroxylation is 1. The van der Waals surface area contributed by atoms with E-state index in [4.69, 9.17) is 9.47 Å². The zero-order chi connectivity index (χ0) is 42.3. The molecule has 2 spiro atoms. The Morgan fingerprint density at radius 3 is 2.42 bits per heavy atom. The fraction of sp³-hybridized carbons (Fsp3) is 0.471. The van der Waals surface area contributed by atoms with Crippen LogP contribution in [0.2, 0.25) is 0 Å². The molecule has 0 aromatic heterocycles. The fourth-order valence-electron chi connectivity index (χ4n) is 12.6. The molecule has 3 saturated heterocycles. The maximum Gasteiger partial charge on any atom is 0.255 e. The summed E-state index contributed by atoms with van der Waals surface area (Å²) in [7, 11) is 1.69. The Kier molecular flexibility index (Phi) is 9.63. The second kappa shape index (κ2) is 15.1. The van der Waals surface area contributed by atoms with Crippen molar-refractivity contribution < 1.29 is 33.4 Å². The van der Waals surface area contributed by atoms with Crippen LogP contribution in [0, 0.1) is 17.2 Å². The maximum atomic E-state index is 16.4. The maximum absolute atomic E-state index is 16.4. The first-order chi connectivity index (χ1) is 30.1. The molecule has 11 heteroatoms. The first-order valence-electron chi connectivity index (χ1n) is 22.8. The van der Waals surface area contributed by atoms with E-state index in [-0.39, 0.29) is 58.4 Å². The van der Waals surface area contributed by atoms with Crippen LogP contribution in [0.15, 0.2) is 72.8 Å². The predicted octanol–water partition coefficient (Wildman–Crippen LogP) is 7.59. The lowest BCUT2D eigenvalue weighted by molar-refractivity contribution is -0.136. The summed E-state index contributed by atoms with van der Waals surface area (Å²) in [6, 6.07) is 23.2. The summed E-state index contributed by atoms with van der Waals surface area (Å²) in [5.41, 5.74) is 7.85. The van der Waals surface area contributed by atoms with Gasteiger partial charge in [-0.1, -0.05) is 36.4 Å². The number of amides is 3. The van der Waals surface area contributed by atoms with Gasteiger partial charge in [0, 0.05) is 72.1 Å². The summed E-state index contributed by atoms with van der Waals surface area (Å²) in [5, 5.41) is 12.7. The Morgan fingerprint density at radius 2 is 1.66 bits per heavy atom. The summed E-state index contributed by atoms with van der Waals surface area (Å²) in [6.45, 7) is 5.86. The van der Waals surface area contributed by atoms with E-state index in [1.165, 1.54) is 24.0 Å². The van der Waals surface area contributed by atoms with Gasteiger partial charge >= 0.3 is 0 Å². The molecule has 3 atom stereocenters. The van der Waals surface area contributed by atoms with E-state index >= 15 is 4.39 Å². The molecule has 1 saturated carbocycles. The predicted molar refractivity (Wildman–Crippen MR) is 232 cm³/mol. The molecule has 10 nitrogen and oxygen atoms in total. The molecule has 2 N–H and O–H groups in total. The molecule has 4 fully saturated rings. The highest BCUT2D eigenvalue weighted by Crippen LogP contribution is 2.53. The Labute approximate surface area is 362 Å². The molecule has 3 amide bonds. The zero-order valence-corrected chi connectivity index (χ0v) is 35.5. The van der Waals surface area contributed by atoms with Crippen molar-refractivity contribution in [2.75, 3.05) is 51.3 Å². The zero-order valence-electron chi connectivity index (χ0n) is 35.5. The summed E-state index contributed by atoms with van der Waals surface area (Å²) < 4.78 is 28.8. The van der Waals surface area contributed by atoms with Crippen molar-refractivity contribution in [1.82, 2.24) is 15.1 Å². The molecule has 11 rings (SSSR count). The SMILES string of the molecule is COc1cc(N2CC3(CCC(CN4CCC5(CC4)COc4cc6c(cc45)CN([C@H]4CCC(=O)NC4=O)C6=O)CC3)C2)c(F)cc1[C@@H]1c2ccc(O)cc2CC[C@@H]1c1ccccc1. The topological polar surface area (TPSA) is 112 Å². The van der Waals surface area contributed by atoms with E-state index in [0.29, 0.717) is 42.5 Å². The standard InChI is InChI=1S/C51H55FN4O6/c1-61-44-25-43(41(52)23-39(44)47-36(32-5-3-2-4-6-32)9-7-33-21-35(57)8-10-37(33)47)55-28-50(29-55)15-13-31(14-16-50)26-54-19-17-51(18-20-54)30-62-45-24-38-34(22-40(45)51)27-56(49(38)60)42-11-12-46(58)53-48(42)59/h2-6,8,10,21-25,31,36,42,47,57H,7,9,11-20,26-30H2,1H3,(H,53,58,59)/t36-,42+,47+/m1/s1. The van der Waals surface area contributed by atoms with Gasteiger partial charge in [0.05, 0.1) is 19.4 Å². The summed E-state index contributed by atoms with van der Waals surface area (Å²) in [6.07, 6.45) is 9.06. The van der Waals surface area contributed by atoms with Crippen molar-refractivity contribution in [1.29, 1.82) is 0 Å². The number of likely N-dealkylation sites (tertiary alicyclic amines) is 1. The van der Waals surface area contributed by atoms with Crippen molar-refractivity contribution in [2.45, 2.75) is 94.0 Å². The van der Waals surface area contributed by atoms with Crippen LogP contribution in [0.1, 0.15) is 113 Å². The summed E-state index contributed by atoms with van der Waals surface area (Å²) in [5.74, 6) is 1.44. The third-order valence-corrected chi connectivity index (χ3v) is 16.0. The molecule has 0 unspecified atom stereocenters. The van der Waals surface area contributed by atoms with Crippen molar-refractivity contribution >= 4 is 23.4 Å². The van der Waals surface area contributed by atoms with E-state index in [2.05, 4.69) is 45.4 Å². The largest absolute Gasteiger partial charge is 0.508 e. The number of rotatable bonds is 7. The van der Waals surface area contributed by atoms with Crippen LogP contribution in [-0.2, 0) is 28.0 Å². The number of carbonyl (C=O) groups excluding carboxylic acids is 3. The second-order valence-corrected chi connectivity index (χ2v) is 19.5. The molecule has 322 valence electrons. The lowest BCUT2D eigenvalue weighted by atomic mass is 9.65. The number of halogens is 1. The van der Waals surface area contributed by atoms with Gasteiger partial charge in [0.25, 0.3) is 5.91 Å². The highest BCUT2D eigenvalue weighted by Gasteiger charge is 2.49. The molecule has 4 aromatic carbocycles. The van der Waals surface area contributed by atoms with Crippen LogP contribution < -0.4 is 19.7 Å². The first-order valence-corrected chi connectivity index (χ1v) is 22.8. The lowest BCUT2D eigenvalue weighted by Gasteiger charge is -2.55. The number of hydrogen-bond acceptors (Lipinski definition) is 8. The number of aromatic hydroxyl groups is 1. The Morgan fingerprint density at radius 1 is 0.871 bits per heavy atom. The van der Waals surface area contributed by atoms with E-state index in [0.717, 1.165) is 99.3 Å². The number of phenolic OH excluding ortho intramolecular Hbond substituents is 1. The van der Waals surface area contributed by atoms with Gasteiger partial charge in [0.1, 0.15) is 29.1 Å².